The summed E-state index contributed by atoms with van der Waals surface area (Å²) in [6.45, 7) is 0.0692. The SMILES string of the molecule is N#CC(=Cc1cn(CC(=O)Nc2ccc(F)cc2)c2ccccc12)c1ccccc1Cl. The number of carbonyl (C=O) groups is 1. The second-order valence-corrected chi connectivity index (χ2v) is 7.34. The van der Waals surface area contributed by atoms with Crippen molar-refractivity contribution in [3.63, 3.8) is 0 Å². The number of carbonyl (C=O) groups excluding carboxylic acids is 1. The number of benzene rings is 3. The molecule has 0 bridgehead atoms. The summed E-state index contributed by atoms with van der Waals surface area (Å²) in [6.07, 6.45) is 3.61. The van der Waals surface area contributed by atoms with Crippen molar-refractivity contribution in [1.82, 2.24) is 4.57 Å². The van der Waals surface area contributed by atoms with Crippen molar-refractivity contribution in [3.8, 4) is 6.07 Å². The Morgan fingerprint density at radius 1 is 1.06 bits per heavy atom. The van der Waals surface area contributed by atoms with E-state index in [1.807, 2.05) is 47.2 Å². The number of fused-ring (bicyclic) bond motifs is 1. The van der Waals surface area contributed by atoms with Gasteiger partial charge in [-0.15, -0.1) is 0 Å². The molecule has 4 rings (SSSR count). The summed E-state index contributed by atoms with van der Waals surface area (Å²) in [5.41, 5.74) is 3.27. The molecular weight excluding hydrogens is 413 g/mol. The van der Waals surface area contributed by atoms with Crippen molar-refractivity contribution in [2.45, 2.75) is 6.54 Å². The van der Waals surface area contributed by atoms with Gasteiger partial charge in [-0.3, -0.25) is 4.79 Å². The van der Waals surface area contributed by atoms with Gasteiger partial charge in [-0.2, -0.15) is 5.26 Å². The number of anilines is 1. The van der Waals surface area contributed by atoms with Crippen molar-refractivity contribution in [2.24, 2.45) is 0 Å². The van der Waals surface area contributed by atoms with Gasteiger partial charge < -0.3 is 9.88 Å². The maximum Gasteiger partial charge on any atom is 0.244 e. The Bertz CT molecular complexity index is 1330. The van der Waals surface area contributed by atoms with Crippen LogP contribution in [-0.4, -0.2) is 10.5 Å². The van der Waals surface area contributed by atoms with Crippen LogP contribution in [0.3, 0.4) is 0 Å². The summed E-state index contributed by atoms with van der Waals surface area (Å²) in [4.78, 5) is 12.6. The molecule has 1 N–H and O–H groups in total. The number of nitriles is 1. The lowest BCUT2D eigenvalue weighted by Gasteiger charge is -2.07. The van der Waals surface area contributed by atoms with Gasteiger partial charge in [-0.05, 0) is 42.5 Å². The summed E-state index contributed by atoms with van der Waals surface area (Å²) >= 11 is 6.27. The number of para-hydroxylation sites is 1. The normalized spacial score (nSPS) is 11.3. The van der Waals surface area contributed by atoms with Gasteiger partial charge >= 0.3 is 0 Å². The second kappa shape index (κ2) is 8.86. The number of allylic oxidation sites excluding steroid dienone is 1. The molecule has 1 heterocycles. The van der Waals surface area contributed by atoms with Gasteiger partial charge in [0, 0.05) is 38.9 Å². The van der Waals surface area contributed by atoms with Gasteiger partial charge in [0.05, 0.1) is 11.6 Å². The third-order valence-corrected chi connectivity index (χ3v) is 5.18. The van der Waals surface area contributed by atoms with Crippen LogP contribution < -0.4 is 5.32 Å². The first-order valence-electron chi connectivity index (χ1n) is 9.55. The van der Waals surface area contributed by atoms with Gasteiger partial charge in [-0.25, -0.2) is 4.39 Å². The highest BCUT2D eigenvalue weighted by molar-refractivity contribution is 6.32. The highest BCUT2D eigenvalue weighted by Gasteiger charge is 2.12. The summed E-state index contributed by atoms with van der Waals surface area (Å²) in [6, 6.07) is 22.7. The summed E-state index contributed by atoms with van der Waals surface area (Å²) in [5, 5.41) is 13.9. The van der Waals surface area contributed by atoms with E-state index in [0.29, 0.717) is 21.8 Å². The lowest BCUT2D eigenvalue weighted by Crippen LogP contribution is -2.18. The molecule has 0 fully saturated rings. The smallest absolute Gasteiger partial charge is 0.244 e. The lowest BCUT2D eigenvalue weighted by molar-refractivity contribution is -0.116. The third-order valence-electron chi connectivity index (χ3n) is 4.85. The highest BCUT2D eigenvalue weighted by atomic mass is 35.5. The molecule has 1 amide bonds. The Morgan fingerprint density at radius 3 is 2.52 bits per heavy atom. The van der Waals surface area contributed by atoms with Gasteiger partial charge in [-0.1, -0.05) is 48.0 Å². The molecule has 0 unspecified atom stereocenters. The lowest BCUT2D eigenvalue weighted by atomic mass is 10.0. The van der Waals surface area contributed by atoms with Gasteiger partial charge in [0.15, 0.2) is 0 Å². The molecule has 0 radical (unpaired) electrons. The number of rotatable bonds is 5. The molecule has 152 valence electrons. The Kier molecular flexibility index (Phi) is 5.83. The molecule has 0 aliphatic carbocycles. The average molecular weight is 430 g/mol. The predicted molar refractivity (Wildman–Crippen MR) is 122 cm³/mol. The fraction of sp³-hybridized carbons (Fsp3) is 0.0400. The molecule has 6 heteroatoms. The monoisotopic (exact) mass is 429 g/mol. The quantitative estimate of drug-likeness (QED) is 0.387. The third kappa shape index (κ3) is 4.50. The zero-order valence-electron chi connectivity index (χ0n) is 16.3. The zero-order valence-corrected chi connectivity index (χ0v) is 17.1. The van der Waals surface area contributed by atoms with Crippen LogP contribution in [0.25, 0.3) is 22.6 Å². The number of halogens is 2. The van der Waals surface area contributed by atoms with Crippen molar-refractivity contribution >= 4 is 45.7 Å². The Hall–Kier alpha value is -3.88. The first kappa shape index (κ1) is 20.4. The van der Waals surface area contributed by atoms with Crippen molar-refractivity contribution in [2.75, 3.05) is 5.32 Å². The number of nitrogens with one attached hydrogen (secondary N) is 1. The number of aromatic nitrogens is 1. The van der Waals surface area contributed by atoms with E-state index in [-0.39, 0.29) is 18.3 Å². The topological polar surface area (TPSA) is 57.8 Å². The van der Waals surface area contributed by atoms with Crippen LogP contribution in [0.2, 0.25) is 5.02 Å². The van der Waals surface area contributed by atoms with Crippen molar-refractivity contribution in [1.29, 1.82) is 5.26 Å². The minimum atomic E-state index is -0.363. The van der Waals surface area contributed by atoms with Crippen LogP contribution in [0.5, 0.6) is 0 Å². The fourth-order valence-electron chi connectivity index (χ4n) is 3.41. The van der Waals surface area contributed by atoms with Crippen LogP contribution in [-0.2, 0) is 11.3 Å². The molecule has 4 aromatic rings. The van der Waals surface area contributed by atoms with E-state index in [4.69, 9.17) is 11.6 Å². The number of nitrogens with zero attached hydrogens (tertiary/aromatic N) is 2. The molecule has 4 nitrogen and oxygen atoms in total. The molecule has 0 aliphatic rings. The second-order valence-electron chi connectivity index (χ2n) is 6.93. The van der Waals surface area contributed by atoms with Gasteiger partial charge in [0.25, 0.3) is 0 Å². The van der Waals surface area contributed by atoms with Crippen LogP contribution in [0.15, 0.2) is 79.0 Å². The zero-order chi connectivity index (χ0) is 21.8. The van der Waals surface area contributed by atoms with E-state index in [1.54, 1.807) is 18.2 Å². The van der Waals surface area contributed by atoms with Crippen LogP contribution in [0.4, 0.5) is 10.1 Å². The van der Waals surface area contributed by atoms with E-state index >= 15 is 0 Å². The predicted octanol–water partition coefficient (Wildman–Crippen LogP) is 6.14. The molecular formula is C25H17ClFN3O. The molecule has 0 saturated heterocycles. The maximum absolute atomic E-state index is 13.1. The molecule has 0 atom stereocenters. The van der Waals surface area contributed by atoms with Crippen molar-refractivity contribution < 1.29 is 9.18 Å². The Labute approximate surface area is 183 Å². The molecule has 3 aromatic carbocycles. The first-order chi connectivity index (χ1) is 15.0. The van der Waals surface area contributed by atoms with Crippen LogP contribution >= 0.6 is 11.6 Å². The number of hydrogen-bond donors (Lipinski definition) is 1. The standard InChI is InChI=1S/C25H17ClFN3O/c26-23-7-3-1-5-21(23)17(14-28)13-18-15-30(24-8-4-2-6-22(18)24)16-25(31)29-20-11-9-19(27)10-12-20/h1-13,15H,16H2,(H,29,31). The highest BCUT2D eigenvalue weighted by Crippen LogP contribution is 2.29. The molecule has 0 spiro atoms. The number of hydrogen-bond acceptors (Lipinski definition) is 2. The summed E-state index contributed by atoms with van der Waals surface area (Å²) in [5.74, 6) is -0.604. The van der Waals surface area contributed by atoms with E-state index in [9.17, 15) is 14.4 Å². The molecule has 0 saturated carbocycles. The Balaban J connectivity index is 1.67. The average Bonchev–Trinajstić information content (AvgIpc) is 3.11. The van der Waals surface area contributed by atoms with Gasteiger partial charge in [0.2, 0.25) is 5.91 Å². The Morgan fingerprint density at radius 2 is 1.77 bits per heavy atom. The maximum atomic E-state index is 13.1. The van der Waals surface area contributed by atoms with E-state index in [0.717, 1.165) is 16.5 Å². The van der Waals surface area contributed by atoms with Crippen LogP contribution in [0.1, 0.15) is 11.1 Å². The van der Waals surface area contributed by atoms with Gasteiger partial charge in [0.1, 0.15) is 12.4 Å². The van der Waals surface area contributed by atoms with E-state index < -0.39 is 0 Å². The van der Waals surface area contributed by atoms with Crippen molar-refractivity contribution in [3.05, 3.63) is 101 Å². The largest absolute Gasteiger partial charge is 0.337 e. The molecule has 0 aliphatic heterocycles. The molecule has 31 heavy (non-hydrogen) atoms. The van der Waals surface area contributed by atoms with E-state index in [1.165, 1.54) is 24.3 Å². The van der Waals surface area contributed by atoms with E-state index in [2.05, 4.69) is 11.4 Å². The number of amides is 1. The fourth-order valence-corrected chi connectivity index (χ4v) is 3.65. The molecule has 1 aromatic heterocycles. The summed E-state index contributed by atoms with van der Waals surface area (Å²) in [7, 11) is 0. The summed E-state index contributed by atoms with van der Waals surface area (Å²) < 4.78 is 14.9. The first-order valence-corrected chi connectivity index (χ1v) is 9.93. The minimum Gasteiger partial charge on any atom is -0.337 e. The minimum absolute atomic E-state index is 0.0692. The van der Waals surface area contributed by atoms with Crippen LogP contribution in [0, 0.1) is 17.1 Å².